The molecule has 4 rings (SSSR count). The molecule has 1 amide bonds. The zero-order valence-electron chi connectivity index (χ0n) is 19.8. The summed E-state index contributed by atoms with van der Waals surface area (Å²) in [5.74, 6) is -2.06. The van der Waals surface area contributed by atoms with Gasteiger partial charge in [-0.05, 0) is 62.7 Å². The van der Waals surface area contributed by atoms with Crippen LogP contribution >= 0.6 is 22.9 Å². The molecule has 0 spiro atoms. The van der Waals surface area contributed by atoms with Gasteiger partial charge in [-0.15, -0.1) is 0 Å². The third-order valence-electron chi connectivity index (χ3n) is 5.50. The van der Waals surface area contributed by atoms with E-state index in [1.807, 2.05) is 6.92 Å². The molecule has 1 aromatic heterocycles. The fourth-order valence-corrected chi connectivity index (χ4v) is 5.11. The lowest BCUT2D eigenvalue weighted by Crippen LogP contribution is -2.29. The Hall–Kier alpha value is -3.69. The van der Waals surface area contributed by atoms with Crippen LogP contribution in [0.15, 0.2) is 54.1 Å². The number of Topliss-reactive ketones (excluding diaryl/α,β-unsaturated/α-hetero) is 1. The van der Waals surface area contributed by atoms with Gasteiger partial charge in [-0.2, -0.15) is 0 Å². The van der Waals surface area contributed by atoms with Gasteiger partial charge in [0, 0.05) is 10.6 Å². The minimum absolute atomic E-state index is 0.114. The minimum Gasteiger partial charge on any atom is -0.507 e. The third-order valence-corrected chi connectivity index (χ3v) is 6.87. The Morgan fingerprint density at radius 2 is 1.86 bits per heavy atom. The number of hydrogen-bond donors (Lipinski definition) is 1. The van der Waals surface area contributed by atoms with E-state index < -0.39 is 23.7 Å². The van der Waals surface area contributed by atoms with Crippen LogP contribution in [0.1, 0.15) is 46.4 Å². The minimum atomic E-state index is -1.02. The summed E-state index contributed by atoms with van der Waals surface area (Å²) in [7, 11) is 0. The Morgan fingerprint density at radius 3 is 2.50 bits per heavy atom. The van der Waals surface area contributed by atoms with Crippen molar-refractivity contribution in [3.63, 3.8) is 0 Å². The van der Waals surface area contributed by atoms with Gasteiger partial charge in [-0.1, -0.05) is 35.1 Å². The number of thiazole rings is 1. The van der Waals surface area contributed by atoms with Crippen LogP contribution in [0.2, 0.25) is 5.02 Å². The number of hydrogen-bond acceptors (Lipinski definition) is 8. The maximum atomic E-state index is 13.3. The molecule has 0 radical (unpaired) electrons. The summed E-state index contributed by atoms with van der Waals surface area (Å²) in [6.07, 6.45) is 0. The van der Waals surface area contributed by atoms with Crippen molar-refractivity contribution in [2.75, 3.05) is 18.1 Å². The molecule has 1 saturated heterocycles. The number of halogens is 1. The summed E-state index contributed by atoms with van der Waals surface area (Å²) in [4.78, 5) is 44.8. The smallest absolute Gasteiger partial charge is 0.350 e. The van der Waals surface area contributed by atoms with E-state index >= 15 is 0 Å². The number of aryl methyl sites for hydroxylation is 1. The lowest BCUT2D eigenvalue weighted by atomic mass is 9.95. The van der Waals surface area contributed by atoms with Crippen LogP contribution < -0.4 is 9.64 Å². The summed E-state index contributed by atoms with van der Waals surface area (Å²) in [5, 5.41) is 11.8. The number of amides is 1. The first-order valence-electron chi connectivity index (χ1n) is 11.2. The van der Waals surface area contributed by atoms with E-state index in [2.05, 4.69) is 4.98 Å². The Kier molecular flexibility index (Phi) is 7.42. The van der Waals surface area contributed by atoms with Crippen molar-refractivity contribution in [1.29, 1.82) is 0 Å². The highest BCUT2D eigenvalue weighted by Crippen LogP contribution is 2.44. The normalized spacial score (nSPS) is 16.9. The predicted molar refractivity (Wildman–Crippen MR) is 137 cm³/mol. The molecule has 1 N–H and O–H groups in total. The Labute approximate surface area is 216 Å². The maximum Gasteiger partial charge on any atom is 0.350 e. The molecular weight excluding hydrogens is 504 g/mol. The topological polar surface area (TPSA) is 106 Å². The summed E-state index contributed by atoms with van der Waals surface area (Å²) in [5.41, 5.74) is 1.09. The van der Waals surface area contributed by atoms with Gasteiger partial charge in [0.25, 0.3) is 5.78 Å². The van der Waals surface area contributed by atoms with Crippen LogP contribution in [0.25, 0.3) is 5.76 Å². The first kappa shape index (κ1) is 25.4. The van der Waals surface area contributed by atoms with Crippen LogP contribution in [0.3, 0.4) is 0 Å². The molecule has 0 bridgehead atoms. The number of ketones is 1. The predicted octanol–water partition coefficient (Wildman–Crippen LogP) is 5.31. The van der Waals surface area contributed by atoms with Crippen molar-refractivity contribution in [2.24, 2.45) is 0 Å². The number of anilines is 1. The molecule has 1 aliphatic heterocycles. The van der Waals surface area contributed by atoms with E-state index in [0.29, 0.717) is 34.2 Å². The number of esters is 1. The lowest BCUT2D eigenvalue weighted by Gasteiger charge is -2.23. The van der Waals surface area contributed by atoms with Crippen LogP contribution in [0.4, 0.5) is 5.13 Å². The van der Waals surface area contributed by atoms with Crippen molar-refractivity contribution >= 4 is 51.5 Å². The largest absolute Gasteiger partial charge is 0.507 e. The zero-order valence-corrected chi connectivity index (χ0v) is 21.4. The fraction of sp³-hybridized carbons (Fsp3) is 0.231. The van der Waals surface area contributed by atoms with Gasteiger partial charge in [-0.25, -0.2) is 9.78 Å². The van der Waals surface area contributed by atoms with E-state index in [9.17, 15) is 19.5 Å². The van der Waals surface area contributed by atoms with Crippen LogP contribution in [0, 0.1) is 6.92 Å². The zero-order chi connectivity index (χ0) is 26.0. The average molecular weight is 527 g/mol. The molecule has 0 aliphatic carbocycles. The molecule has 2 heterocycles. The summed E-state index contributed by atoms with van der Waals surface area (Å²) >= 11 is 7.18. The Bertz CT molecular complexity index is 1370. The van der Waals surface area contributed by atoms with Crippen LogP contribution in [-0.2, 0) is 14.3 Å². The maximum absolute atomic E-state index is 13.3. The quantitative estimate of drug-likeness (QED) is 0.192. The number of ether oxygens (including phenoxy) is 2. The number of carbonyl (C=O) groups excluding carboxylic acids is 3. The number of aliphatic hydroxyl groups excluding tert-OH is 1. The average Bonchev–Trinajstić information content (AvgIpc) is 3.36. The van der Waals surface area contributed by atoms with Gasteiger partial charge >= 0.3 is 11.9 Å². The molecular formula is C26H23ClN2O6S. The second kappa shape index (κ2) is 10.5. The molecule has 1 unspecified atom stereocenters. The monoisotopic (exact) mass is 526 g/mol. The number of benzene rings is 2. The highest BCUT2D eigenvalue weighted by Gasteiger charge is 2.48. The molecule has 10 heteroatoms. The van der Waals surface area contributed by atoms with Crippen molar-refractivity contribution in [3.05, 3.63) is 80.8 Å². The molecule has 1 aliphatic rings. The first-order valence-corrected chi connectivity index (χ1v) is 12.4. The number of aromatic nitrogens is 1. The standard InChI is InChI=1S/C26H23ClN2O6S/c1-4-34-18-11-9-15(10-12-18)21(30)19-20(16-7-6-8-17(27)13-16)29(24(32)22(19)31)26-28-14(3)23(36-26)25(33)35-5-2/h6-13,20,30H,4-5H2,1-3H3/b21-19+. The highest BCUT2D eigenvalue weighted by atomic mass is 35.5. The van der Waals surface area contributed by atoms with Crippen molar-refractivity contribution in [1.82, 2.24) is 4.98 Å². The van der Waals surface area contributed by atoms with Crippen LogP contribution in [0.5, 0.6) is 5.75 Å². The van der Waals surface area contributed by atoms with E-state index in [4.69, 9.17) is 21.1 Å². The first-order chi connectivity index (χ1) is 17.3. The second-order valence-corrected chi connectivity index (χ2v) is 9.23. The van der Waals surface area contributed by atoms with Gasteiger partial charge in [0.05, 0.1) is 30.5 Å². The van der Waals surface area contributed by atoms with Crippen molar-refractivity contribution in [3.8, 4) is 5.75 Å². The van der Waals surface area contributed by atoms with Gasteiger partial charge in [0.1, 0.15) is 16.4 Å². The summed E-state index contributed by atoms with van der Waals surface area (Å²) in [6.45, 7) is 5.83. The number of rotatable bonds is 7. The Morgan fingerprint density at radius 1 is 1.14 bits per heavy atom. The van der Waals surface area contributed by atoms with Gasteiger partial charge < -0.3 is 14.6 Å². The molecule has 186 valence electrons. The second-order valence-electron chi connectivity index (χ2n) is 7.81. The number of nitrogens with zero attached hydrogens (tertiary/aromatic N) is 2. The third kappa shape index (κ3) is 4.72. The van der Waals surface area contributed by atoms with E-state index in [-0.39, 0.29) is 27.9 Å². The molecule has 3 aromatic rings. The van der Waals surface area contributed by atoms with Crippen molar-refractivity contribution in [2.45, 2.75) is 26.8 Å². The van der Waals surface area contributed by atoms with Crippen molar-refractivity contribution < 1.29 is 29.0 Å². The molecule has 36 heavy (non-hydrogen) atoms. The molecule has 2 aromatic carbocycles. The lowest BCUT2D eigenvalue weighted by molar-refractivity contribution is -0.132. The molecule has 0 saturated carbocycles. The summed E-state index contributed by atoms with van der Waals surface area (Å²) in [6, 6.07) is 12.2. The molecule has 8 nitrogen and oxygen atoms in total. The van der Waals surface area contributed by atoms with E-state index in [1.54, 1.807) is 62.4 Å². The van der Waals surface area contributed by atoms with E-state index in [1.165, 1.54) is 4.90 Å². The SMILES string of the molecule is CCOC(=O)c1sc(N2C(=O)C(=O)/C(=C(/O)c3ccc(OCC)cc3)C2c2cccc(Cl)c2)nc1C. The number of carbonyl (C=O) groups is 3. The molecule has 1 atom stereocenters. The summed E-state index contributed by atoms with van der Waals surface area (Å²) < 4.78 is 10.5. The van der Waals surface area contributed by atoms with Gasteiger partial charge in [0.2, 0.25) is 0 Å². The fourth-order valence-electron chi connectivity index (χ4n) is 3.92. The van der Waals surface area contributed by atoms with Gasteiger partial charge in [0.15, 0.2) is 5.13 Å². The molecule has 1 fully saturated rings. The van der Waals surface area contributed by atoms with Gasteiger partial charge in [-0.3, -0.25) is 14.5 Å². The Balaban J connectivity index is 1.88. The number of aliphatic hydroxyl groups is 1. The van der Waals surface area contributed by atoms with Crippen LogP contribution in [-0.4, -0.2) is 41.0 Å². The van der Waals surface area contributed by atoms with E-state index in [0.717, 1.165) is 11.3 Å². The highest BCUT2D eigenvalue weighted by molar-refractivity contribution is 7.17.